The highest BCUT2D eigenvalue weighted by atomic mass is 16.6. The lowest BCUT2D eigenvalue weighted by Gasteiger charge is -2.10. The number of phenolic OH excluding ortho intramolecular Hbond substituents is 1. The van der Waals surface area contributed by atoms with E-state index in [0.717, 1.165) is 11.1 Å². The molecule has 3 aliphatic heterocycles. The Morgan fingerprint density at radius 2 is 1.87 bits per heavy atom. The summed E-state index contributed by atoms with van der Waals surface area (Å²) < 4.78 is 16.6. The van der Waals surface area contributed by atoms with E-state index in [9.17, 15) is 9.90 Å². The van der Waals surface area contributed by atoms with E-state index in [2.05, 4.69) is 0 Å². The minimum Gasteiger partial charge on any atom is -0.504 e. The Morgan fingerprint density at radius 3 is 2.70 bits per heavy atom. The molecule has 5 nitrogen and oxygen atoms in total. The van der Waals surface area contributed by atoms with Crippen LogP contribution in [0.25, 0.3) is 0 Å². The lowest BCUT2D eigenvalue weighted by atomic mass is 10.1. The molecular weight excluding hydrogens is 296 g/mol. The molecule has 5 heteroatoms. The highest BCUT2D eigenvalue weighted by molar-refractivity contribution is 5.69. The lowest BCUT2D eigenvalue weighted by molar-refractivity contribution is -0.144. The van der Waals surface area contributed by atoms with Gasteiger partial charge in [0.2, 0.25) is 0 Å². The number of hydrogen-bond acceptors (Lipinski definition) is 5. The number of hydrogen-bond donors (Lipinski definition) is 1. The van der Waals surface area contributed by atoms with Gasteiger partial charge in [0.25, 0.3) is 0 Å². The summed E-state index contributed by atoms with van der Waals surface area (Å²) >= 11 is 0. The largest absolute Gasteiger partial charge is 0.504 e. The van der Waals surface area contributed by atoms with Gasteiger partial charge < -0.3 is 19.3 Å². The van der Waals surface area contributed by atoms with Crippen LogP contribution in [0.1, 0.15) is 23.7 Å². The first-order valence-corrected chi connectivity index (χ1v) is 7.60. The standard InChI is InChI=1S/C18H16O5/c19-14-7-1-11-2-8-17(20)21-10-16-18(23-16)12-3-5-13(6-4-12)22-15(14)9-11/h1,3-7,9,16,18-19H,2,8,10H2/t16-,18+/m1/s1. The third-order valence-electron chi connectivity index (χ3n) is 4.07. The van der Waals surface area contributed by atoms with Crippen LogP contribution >= 0.6 is 0 Å². The molecule has 0 saturated carbocycles. The van der Waals surface area contributed by atoms with E-state index in [1.54, 1.807) is 18.2 Å². The third kappa shape index (κ3) is 3.00. The first kappa shape index (κ1) is 14.1. The number of aromatic hydroxyl groups is 1. The van der Waals surface area contributed by atoms with Gasteiger partial charge in [0.05, 0.1) is 0 Å². The van der Waals surface area contributed by atoms with Gasteiger partial charge in [-0.05, 0) is 41.8 Å². The molecule has 118 valence electrons. The van der Waals surface area contributed by atoms with E-state index in [-0.39, 0.29) is 37.0 Å². The van der Waals surface area contributed by atoms with Crippen molar-refractivity contribution in [3.05, 3.63) is 53.6 Å². The molecular formula is C18H16O5. The number of carbonyl (C=O) groups excluding carboxylic acids is 1. The Balaban J connectivity index is 1.66. The van der Waals surface area contributed by atoms with Crippen molar-refractivity contribution in [1.29, 1.82) is 0 Å². The van der Waals surface area contributed by atoms with Gasteiger partial charge in [0.1, 0.15) is 24.6 Å². The van der Waals surface area contributed by atoms with Crippen LogP contribution in [0.2, 0.25) is 0 Å². The summed E-state index contributed by atoms with van der Waals surface area (Å²) in [6.07, 6.45) is 0.714. The number of esters is 1. The van der Waals surface area contributed by atoms with Crippen LogP contribution in [-0.2, 0) is 20.7 Å². The zero-order valence-electron chi connectivity index (χ0n) is 12.4. The molecule has 3 heterocycles. The fourth-order valence-corrected chi connectivity index (χ4v) is 2.70. The first-order chi connectivity index (χ1) is 11.2. The second-order valence-electron chi connectivity index (χ2n) is 5.75. The van der Waals surface area contributed by atoms with Crippen LogP contribution in [-0.4, -0.2) is 23.8 Å². The van der Waals surface area contributed by atoms with E-state index in [4.69, 9.17) is 14.2 Å². The summed E-state index contributed by atoms with van der Waals surface area (Å²) in [5.41, 5.74) is 1.92. The first-order valence-electron chi connectivity index (χ1n) is 7.60. The van der Waals surface area contributed by atoms with Gasteiger partial charge in [0.15, 0.2) is 11.5 Å². The molecule has 5 rings (SSSR count). The third-order valence-corrected chi connectivity index (χ3v) is 4.07. The monoisotopic (exact) mass is 312 g/mol. The van der Waals surface area contributed by atoms with Crippen LogP contribution in [0.4, 0.5) is 0 Å². The number of phenols is 1. The fraction of sp³-hybridized carbons (Fsp3) is 0.278. The Morgan fingerprint density at radius 1 is 1.04 bits per heavy atom. The van der Waals surface area contributed by atoms with Crippen LogP contribution in [0.3, 0.4) is 0 Å². The predicted molar refractivity (Wildman–Crippen MR) is 81.5 cm³/mol. The van der Waals surface area contributed by atoms with Crippen molar-refractivity contribution in [3.63, 3.8) is 0 Å². The number of ether oxygens (including phenoxy) is 3. The van der Waals surface area contributed by atoms with Crippen molar-refractivity contribution in [2.45, 2.75) is 25.0 Å². The smallest absolute Gasteiger partial charge is 0.306 e. The number of epoxide rings is 1. The average molecular weight is 312 g/mol. The van der Waals surface area contributed by atoms with Gasteiger partial charge in [-0.25, -0.2) is 0 Å². The maximum absolute atomic E-state index is 11.8. The average Bonchev–Trinajstić information content (AvgIpc) is 3.33. The van der Waals surface area contributed by atoms with Gasteiger partial charge in [-0.2, -0.15) is 0 Å². The molecule has 0 radical (unpaired) electrons. The van der Waals surface area contributed by atoms with Crippen LogP contribution < -0.4 is 4.74 Å². The van der Waals surface area contributed by atoms with Crippen molar-refractivity contribution in [2.24, 2.45) is 0 Å². The fourth-order valence-electron chi connectivity index (χ4n) is 2.70. The van der Waals surface area contributed by atoms with E-state index in [1.807, 2.05) is 24.3 Å². The zero-order chi connectivity index (χ0) is 15.8. The topological polar surface area (TPSA) is 68.3 Å². The normalized spacial score (nSPS) is 23.0. The Hall–Kier alpha value is -2.53. The quantitative estimate of drug-likeness (QED) is 0.598. The van der Waals surface area contributed by atoms with Crippen molar-refractivity contribution in [2.75, 3.05) is 6.61 Å². The summed E-state index contributed by atoms with van der Waals surface area (Å²) in [7, 11) is 0. The summed E-state index contributed by atoms with van der Waals surface area (Å²) in [5, 5.41) is 9.94. The highest BCUT2D eigenvalue weighted by Crippen LogP contribution is 2.40. The molecule has 4 bridgehead atoms. The summed E-state index contributed by atoms with van der Waals surface area (Å²) in [6, 6.07) is 12.6. The number of benzene rings is 2. The van der Waals surface area contributed by atoms with Gasteiger partial charge in [0, 0.05) is 6.42 Å². The van der Waals surface area contributed by atoms with E-state index >= 15 is 0 Å². The van der Waals surface area contributed by atoms with Gasteiger partial charge in [-0.15, -0.1) is 0 Å². The molecule has 0 aliphatic carbocycles. The Labute approximate surface area is 133 Å². The summed E-state index contributed by atoms with van der Waals surface area (Å²) in [6.45, 7) is 0.280. The number of carbonyl (C=O) groups is 1. The second kappa shape index (κ2) is 5.59. The van der Waals surface area contributed by atoms with Gasteiger partial charge >= 0.3 is 5.97 Å². The van der Waals surface area contributed by atoms with Crippen molar-refractivity contribution < 1.29 is 24.1 Å². The number of fused-ring (bicyclic) bond motifs is 6. The lowest BCUT2D eigenvalue weighted by Crippen LogP contribution is -2.11. The van der Waals surface area contributed by atoms with Crippen LogP contribution in [0.5, 0.6) is 17.2 Å². The molecule has 2 atom stereocenters. The Kier molecular flexibility index (Phi) is 3.42. The molecule has 1 N–H and O–H groups in total. The summed E-state index contributed by atoms with van der Waals surface area (Å²) in [4.78, 5) is 11.8. The maximum atomic E-state index is 11.8. The highest BCUT2D eigenvalue weighted by Gasteiger charge is 2.41. The van der Waals surface area contributed by atoms with Crippen molar-refractivity contribution in [1.82, 2.24) is 0 Å². The van der Waals surface area contributed by atoms with Crippen LogP contribution in [0.15, 0.2) is 42.5 Å². The summed E-state index contributed by atoms with van der Waals surface area (Å²) in [5.74, 6) is 0.828. The van der Waals surface area contributed by atoms with E-state index in [0.29, 0.717) is 17.9 Å². The minimum atomic E-state index is -0.251. The molecule has 0 amide bonds. The molecule has 1 saturated heterocycles. The van der Waals surface area contributed by atoms with Gasteiger partial charge in [-0.1, -0.05) is 18.2 Å². The number of rotatable bonds is 0. The van der Waals surface area contributed by atoms with E-state index in [1.165, 1.54) is 0 Å². The molecule has 2 aromatic rings. The number of aryl methyl sites for hydroxylation is 1. The zero-order valence-corrected chi connectivity index (χ0v) is 12.4. The van der Waals surface area contributed by atoms with Crippen LogP contribution in [0, 0.1) is 0 Å². The SMILES string of the molecule is O=C1CCc2ccc(O)c(c2)Oc2ccc(cc2)[C@@H]2O[C@@H]2CO1. The Bertz CT molecular complexity index is 738. The molecule has 2 aromatic carbocycles. The van der Waals surface area contributed by atoms with Crippen molar-refractivity contribution >= 4 is 5.97 Å². The second-order valence-corrected chi connectivity index (χ2v) is 5.75. The van der Waals surface area contributed by atoms with Crippen molar-refractivity contribution in [3.8, 4) is 17.2 Å². The maximum Gasteiger partial charge on any atom is 0.306 e. The molecule has 23 heavy (non-hydrogen) atoms. The predicted octanol–water partition coefficient (Wildman–Crippen LogP) is 3.11. The minimum absolute atomic E-state index is 0.0311. The molecule has 0 unspecified atom stereocenters. The van der Waals surface area contributed by atoms with Gasteiger partial charge in [-0.3, -0.25) is 4.79 Å². The molecule has 0 spiro atoms. The van der Waals surface area contributed by atoms with E-state index < -0.39 is 0 Å². The molecule has 0 aromatic heterocycles. The molecule has 1 fully saturated rings. The molecule has 3 aliphatic rings.